The number of urea groups is 1. The lowest BCUT2D eigenvalue weighted by molar-refractivity contribution is -0.120. The summed E-state index contributed by atoms with van der Waals surface area (Å²) in [6.45, 7) is 1.41. The number of nitrogens with zero attached hydrogens (tertiary/aromatic N) is 1. The molecule has 0 atom stereocenters. The van der Waals surface area contributed by atoms with Crippen LogP contribution in [0.25, 0.3) is 0 Å². The van der Waals surface area contributed by atoms with Crippen molar-refractivity contribution in [3.63, 3.8) is 0 Å². The first kappa shape index (κ1) is 13.2. The van der Waals surface area contributed by atoms with Gasteiger partial charge in [-0.1, -0.05) is 12.1 Å². The van der Waals surface area contributed by atoms with Crippen molar-refractivity contribution in [3.8, 4) is 5.75 Å². The Labute approximate surface area is 111 Å². The van der Waals surface area contributed by atoms with Crippen LogP contribution >= 0.6 is 0 Å². The maximum Gasteiger partial charge on any atom is 0.322 e. The summed E-state index contributed by atoms with van der Waals surface area (Å²) in [6.07, 6.45) is 0.333. The van der Waals surface area contributed by atoms with Gasteiger partial charge in [-0.3, -0.25) is 4.79 Å². The van der Waals surface area contributed by atoms with Crippen molar-refractivity contribution in [1.29, 1.82) is 0 Å². The molecule has 0 saturated carbocycles. The summed E-state index contributed by atoms with van der Waals surface area (Å²) >= 11 is 0. The van der Waals surface area contributed by atoms with Crippen LogP contribution in [0.15, 0.2) is 24.3 Å². The second-order valence-electron chi connectivity index (χ2n) is 4.22. The molecule has 1 aromatic carbocycles. The summed E-state index contributed by atoms with van der Waals surface area (Å²) in [5.74, 6) is 0.590. The molecule has 0 aromatic heterocycles. The summed E-state index contributed by atoms with van der Waals surface area (Å²) < 4.78 is 5.18. The number of carbonyl (C=O) groups is 2. The third-order valence-corrected chi connectivity index (χ3v) is 2.95. The van der Waals surface area contributed by atoms with Gasteiger partial charge in [0.05, 0.1) is 12.8 Å². The largest absolute Gasteiger partial charge is 0.495 e. The Hall–Kier alpha value is -2.24. The van der Waals surface area contributed by atoms with E-state index >= 15 is 0 Å². The van der Waals surface area contributed by atoms with Gasteiger partial charge in [0, 0.05) is 26.1 Å². The molecule has 3 amide bonds. The van der Waals surface area contributed by atoms with Gasteiger partial charge < -0.3 is 20.3 Å². The van der Waals surface area contributed by atoms with Crippen molar-refractivity contribution in [3.05, 3.63) is 24.3 Å². The average Bonchev–Trinajstić information content (AvgIpc) is 2.64. The van der Waals surface area contributed by atoms with E-state index in [1.165, 1.54) is 0 Å². The van der Waals surface area contributed by atoms with E-state index in [1.54, 1.807) is 24.1 Å². The molecule has 1 aliphatic rings. The highest BCUT2D eigenvalue weighted by molar-refractivity contribution is 5.91. The highest BCUT2D eigenvalue weighted by Gasteiger charge is 2.19. The molecule has 1 heterocycles. The van der Waals surface area contributed by atoms with E-state index in [0.29, 0.717) is 37.5 Å². The molecule has 1 aliphatic heterocycles. The molecule has 1 saturated heterocycles. The smallest absolute Gasteiger partial charge is 0.322 e. The fourth-order valence-corrected chi connectivity index (χ4v) is 1.91. The molecule has 2 N–H and O–H groups in total. The minimum Gasteiger partial charge on any atom is -0.495 e. The van der Waals surface area contributed by atoms with Gasteiger partial charge in [0.2, 0.25) is 5.91 Å². The van der Waals surface area contributed by atoms with Gasteiger partial charge in [0.1, 0.15) is 5.75 Å². The first-order chi connectivity index (χ1) is 9.20. The number of ether oxygens (including phenoxy) is 1. The van der Waals surface area contributed by atoms with E-state index in [2.05, 4.69) is 10.6 Å². The quantitative estimate of drug-likeness (QED) is 0.837. The number of benzene rings is 1. The lowest BCUT2D eigenvalue weighted by Gasteiger charge is -2.20. The first-order valence-electron chi connectivity index (χ1n) is 6.16. The van der Waals surface area contributed by atoms with Gasteiger partial charge >= 0.3 is 6.03 Å². The third kappa shape index (κ3) is 3.37. The van der Waals surface area contributed by atoms with Crippen LogP contribution in [-0.2, 0) is 4.79 Å². The van der Waals surface area contributed by atoms with Crippen LogP contribution < -0.4 is 15.4 Å². The monoisotopic (exact) mass is 263 g/mol. The van der Waals surface area contributed by atoms with Gasteiger partial charge in [-0.25, -0.2) is 4.79 Å². The Morgan fingerprint density at radius 3 is 2.95 bits per heavy atom. The minimum atomic E-state index is -0.221. The summed E-state index contributed by atoms with van der Waals surface area (Å²) in [5.41, 5.74) is 0.624. The van der Waals surface area contributed by atoms with Crippen LogP contribution in [0.2, 0.25) is 0 Å². The molecule has 6 heteroatoms. The molecular weight excluding hydrogens is 246 g/mol. The van der Waals surface area contributed by atoms with E-state index in [1.807, 2.05) is 12.1 Å². The molecule has 0 radical (unpaired) electrons. The summed E-state index contributed by atoms with van der Waals surface area (Å²) in [7, 11) is 1.56. The number of hydrogen-bond donors (Lipinski definition) is 2. The van der Waals surface area contributed by atoms with Crippen LogP contribution in [0.4, 0.5) is 10.5 Å². The zero-order valence-electron chi connectivity index (χ0n) is 10.8. The number of carbonyl (C=O) groups excluding carboxylic acids is 2. The van der Waals surface area contributed by atoms with Crippen LogP contribution in [0, 0.1) is 0 Å². The number of nitrogens with one attached hydrogen (secondary N) is 2. The van der Waals surface area contributed by atoms with E-state index in [-0.39, 0.29) is 11.9 Å². The lowest BCUT2D eigenvalue weighted by atomic mass is 10.3. The topological polar surface area (TPSA) is 70.7 Å². The van der Waals surface area contributed by atoms with Crippen molar-refractivity contribution in [2.75, 3.05) is 32.1 Å². The van der Waals surface area contributed by atoms with Crippen LogP contribution in [0.1, 0.15) is 6.42 Å². The second kappa shape index (κ2) is 6.08. The van der Waals surface area contributed by atoms with Gasteiger partial charge in [0.15, 0.2) is 0 Å². The predicted molar refractivity (Wildman–Crippen MR) is 71.2 cm³/mol. The third-order valence-electron chi connectivity index (χ3n) is 2.95. The number of amides is 3. The molecule has 0 bridgehead atoms. The van der Waals surface area contributed by atoms with Gasteiger partial charge in [-0.15, -0.1) is 0 Å². The first-order valence-corrected chi connectivity index (χ1v) is 6.16. The van der Waals surface area contributed by atoms with Crippen molar-refractivity contribution < 1.29 is 14.3 Å². The summed E-state index contributed by atoms with van der Waals surface area (Å²) in [4.78, 5) is 25.0. The molecule has 19 heavy (non-hydrogen) atoms. The molecule has 2 rings (SSSR count). The van der Waals surface area contributed by atoms with Crippen molar-refractivity contribution in [2.24, 2.45) is 0 Å². The standard InChI is InChI=1S/C13H17N3O3/c1-19-11-5-3-2-4-10(11)15-13(18)16-8-6-12(17)14-7-9-16/h2-5H,6-9H2,1H3,(H,14,17)(H,15,18). The average molecular weight is 263 g/mol. The summed E-state index contributed by atoms with van der Waals surface area (Å²) in [5, 5.41) is 5.53. The SMILES string of the molecule is COc1ccccc1NC(=O)N1CCNC(=O)CC1. The Morgan fingerprint density at radius 2 is 2.16 bits per heavy atom. The van der Waals surface area contributed by atoms with Crippen LogP contribution in [0.5, 0.6) is 5.75 Å². The fraction of sp³-hybridized carbons (Fsp3) is 0.385. The maximum absolute atomic E-state index is 12.1. The van der Waals surface area contributed by atoms with Crippen LogP contribution in [-0.4, -0.2) is 43.6 Å². The molecule has 6 nitrogen and oxygen atoms in total. The van der Waals surface area contributed by atoms with Crippen molar-refractivity contribution in [2.45, 2.75) is 6.42 Å². The van der Waals surface area contributed by atoms with Gasteiger partial charge in [-0.05, 0) is 12.1 Å². The van der Waals surface area contributed by atoms with Gasteiger partial charge in [-0.2, -0.15) is 0 Å². The zero-order chi connectivity index (χ0) is 13.7. The minimum absolute atomic E-state index is 0.0207. The lowest BCUT2D eigenvalue weighted by Crippen LogP contribution is -2.37. The molecule has 102 valence electrons. The molecule has 0 unspecified atom stereocenters. The van der Waals surface area contributed by atoms with Crippen molar-refractivity contribution in [1.82, 2.24) is 10.2 Å². The number of methoxy groups -OCH3 is 1. The number of hydrogen-bond acceptors (Lipinski definition) is 3. The molecule has 1 aromatic rings. The number of para-hydroxylation sites is 2. The normalized spacial score (nSPS) is 15.4. The Morgan fingerprint density at radius 1 is 1.37 bits per heavy atom. The fourth-order valence-electron chi connectivity index (χ4n) is 1.91. The predicted octanol–water partition coefficient (Wildman–Crippen LogP) is 1.05. The highest BCUT2D eigenvalue weighted by atomic mass is 16.5. The Bertz CT molecular complexity index is 476. The van der Waals surface area contributed by atoms with E-state index in [4.69, 9.17) is 4.74 Å². The van der Waals surface area contributed by atoms with Gasteiger partial charge in [0.25, 0.3) is 0 Å². The molecule has 1 fully saturated rings. The molecule has 0 aliphatic carbocycles. The number of rotatable bonds is 2. The number of anilines is 1. The van der Waals surface area contributed by atoms with E-state index in [9.17, 15) is 9.59 Å². The Kier molecular flexibility index (Phi) is 4.22. The van der Waals surface area contributed by atoms with E-state index in [0.717, 1.165) is 0 Å². The maximum atomic E-state index is 12.1. The van der Waals surface area contributed by atoms with Crippen LogP contribution in [0.3, 0.4) is 0 Å². The second-order valence-corrected chi connectivity index (χ2v) is 4.22. The highest BCUT2D eigenvalue weighted by Crippen LogP contribution is 2.23. The summed E-state index contributed by atoms with van der Waals surface area (Å²) in [6, 6.07) is 7.00. The van der Waals surface area contributed by atoms with E-state index < -0.39 is 0 Å². The molecular formula is C13H17N3O3. The van der Waals surface area contributed by atoms with Crippen molar-refractivity contribution >= 4 is 17.6 Å². The zero-order valence-corrected chi connectivity index (χ0v) is 10.8. The molecule has 0 spiro atoms. The Balaban J connectivity index is 2.02.